The summed E-state index contributed by atoms with van der Waals surface area (Å²) in [5, 5.41) is 6.89. The summed E-state index contributed by atoms with van der Waals surface area (Å²) in [6.45, 7) is 1.45. The van der Waals surface area contributed by atoms with Crippen LogP contribution in [0.15, 0.2) is 16.6 Å². The molecular formula is C8H7BrF2O2. The minimum absolute atomic E-state index is 0.250. The van der Waals surface area contributed by atoms with Gasteiger partial charge in [0, 0.05) is 4.47 Å². The van der Waals surface area contributed by atoms with Crippen molar-refractivity contribution in [3.63, 3.8) is 0 Å². The number of hydrogen-bond donors (Lipinski definition) is 1. The zero-order valence-electron chi connectivity index (χ0n) is 6.72. The highest BCUT2D eigenvalue weighted by Gasteiger charge is 2.03. The smallest absolute Gasteiger partial charge is 0.290 e. The highest BCUT2D eigenvalue weighted by molar-refractivity contribution is 9.10. The summed E-state index contributed by atoms with van der Waals surface area (Å²) in [5.41, 5.74) is 0.693. The molecule has 5 heteroatoms. The molecule has 0 radical (unpaired) electrons. The van der Waals surface area contributed by atoms with Crippen molar-refractivity contribution >= 4 is 22.4 Å². The molecule has 0 unspecified atom stereocenters. The third-order valence-electron chi connectivity index (χ3n) is 1.20. The molecule has 0 amide bonds. The van der Waals surface area contributed by atoms with Crippen LogP contribution >= 0.6 is 15.9 Å². The fourth-order valence-electron chi connectivity index (χ4n) is 0.622. The van der Waals surface area contributed by atoms with E-state index in [1.165, 1.54) is 0 Å². The van der Waals surface area contributed by atoms with Gasteiger partial charge >= 0.3 is 0 Å². The lowest BCUT2D eigenvalue weighted by molar-refractivity contribution is -0.122. The summed E-state index contributed by atoms with van der Waals surface area (Å²) in [6, 6.07) is 2.27. The first kappa shape index (κ1) is 12.0. The Balaban J connectivity index is 0.000000424. The van der Waals surface area contributed by atoms with E-state index in [1.807, 2.05) is 0 Å². The highest BCUT2D eigenvalue weighted by Crippen LogP contribution is 2.18. The summed E-state index contributed by atoms with van der Waals surface area (Å²) in [5.74, 6) is -1.63. The van der Waals surface area contributed by atoms with Crippen LogP contribution in [0.2, 0.25) is 0 Å². The lowest BCUT2D eigenvalue weighted by Gasteiger charge is -1.97. The van der Waals surface area contributed by atoms with Gasteiger partial charge in [-0.15, -0.1) is 0 Å². The second-order valence-electron chi connectivity index (χ2n) is 2.12. The molecule has 0 aliphatic carbocycles. The van der Waals surface area contributed by atoms with Gasteiger partial charge in [0.1, 0.15) is 0 Å². The Morgan fingerprint density at radius 2 is 1.77 bits per heavy atom. The summed E-state index contributed by atoms with van der Waals surface area (Å²) in [6.07, 6.45) is 0. The van der Waals surface area contributed by atoms with Crippen LogP contribution in [-0.2, 0) is 4.79 Å². The second kappa shape index (κ2) is 5.64. The molecule has 0 aliphatic rings. The Morgan fingerprint density at radius 1 is 1.38 bits per heavy atom. The Kier molecular flexibility index (Phi) is 5.22. The van der Waals surface area contributed by atoms with E-state index in [1.54, 1.807) is 6.92 Å². The Labute approximate surface area is 82.3 Å². The van der Waals surface area contributed by atoms with Crippen molar-refractivity contribution < 1.29 is 18.7 Å². The van der Waals surface area contributed by atoms with Crippen molar-refractivity contribution in [1.29, 1.82) is 0 Å². The standard InChI is InChI=1S/C7H5BrF2.CH2O2/c1-4-2-6(9)7(10)3-5(4)8;2-1-3/h2-3H,1H3;1H,(H,2,3). The molecule has 1 N–H and O–H groups in total. The van der Waals surface area contributed by atoms with Crippen molar-refractivity contribution in [3.05, 3.63) is 33.8 Å². The van der Waals surface area contributed by atoms with Gasteiger partial charge in [-0.3, -0.25) is 4.79 Å². The minimum atomic E-state index is -0.822. The summed E-state index contributed by atoms with van der Waals surface area (Å²) in [4.78, 5) is 8.36. The molecule has 0 spiro atoms. The van der Waals surface area contributed by atoms with E-state index in [2.05, 4.69) is 15.9 Å². The molecule has 0 aromatic heterocycles. The van der Waals surface area contributed by atoms with E-state index >= 15 is 0 Å². The van der Waals surface area contributed by atoms with E-state index in [4.69, 9.17) is 9.90 Å². The fraction of sp³-hybridized carbons (Fsp3) is 0.125. The first-order valence-corrected chi connectivity index (χ1v) is 4.01. The molecule has 1 rings (SSSR count). The lowest BCUT2D eigenvalue weighted by Crippen LogP contribution is -1.85. The van der Waals surface area contributed by atoms with Crippen LogP contribution in [0.5, 0.6) is 0 Å². The first-order chi connectivity index (χ1) is 6.02. The van der Waals surface area contributed by atoms with E-state index in [0.29, 0.717) is 10.0 Å². The summed E-state index contributed by atoms with van der Waals surface area (Å²) >= 11 is 3.07. The fourth-order valence-corrected chi connectivity index (χ4v) is 0.937. The molecule has 72 valence electrons. The average Bonchev–Trinajstić information content (AvgIpc) is 2.03. The van der Waals surface area contributed by atoms with Crippen molar-refractivity contribution in [2.45, 2.75) is 6.92 Å². The van der Waals surface area contributed by atoms with E-state index in [9.17, 15) is 8.78 Å². The molecule has 2 nitrogen and oxygen atoms in total. The zero-order valence-corrected chi connectivity index (χ0v) is 8.31. The van der Waals surface area contributed by atoms with Crippen LogP contribution in [0, 0.1) is 18.6 Å². The van der Waals surface area contributed by atoms with Crippen LogP contribution in [0.3, 0.4) is 0 Å². The van der Waals surface area contributed by atoms with Gasteiger partial charge in [-0.2, -0.15) is 0 Å². The van der Waals surface area contributed by atoms with Crippen LogP contribution in [0.1, 0.15) is 5.56 Å². The van der Waals surface area contributed by atoms with Crippen molar-refractivity contribution in [1.82, 2.24) is 0 Å². The largest absolute Gasteiger partial charge is 0.483 e. The number of aryl methyl sites for hydroxylation is 1. The topological polar surface area (TPSA) is 37.3 Å². The van der Waals surface area contributed by atoms with E-state index < -0.39 is 11.6 Å². The monoisotopic (exact) mass is 252 g/mol. The zero-order chi connectivity index (χ0) is 10.4. The van der Waals surface area contributed by atoms with Crippen molar-refractivity contribution in [2.75, 3.05) is 0 Å². The van der Waals surface area contributed by atoms with Gasteiger partial charge in [-0.1, -0.05) is 15.9 Å². The number of carboxylic acid groups (broad SMARTS) is 1. The number of benzene rings is 1. The van der Waals surface area contributed by atoms with Gasteiger partial charge in [0.25, 0.3) is 6.47 Å². The average molecular weight is 253 g/mol. The van der Waals surface area contributed by atoms with Gasteiger partial charge in [-0.25, -0.2) is 8.78 Å². The Hall–Kier alpha value is -0.970. The number of halogens is 3. The van der Waals surface area contributed by atoms with Crippen LogP contribution < -0.4 is 0 Å². The third kappa shape index (κ3) is 3.98. The Bertz CT molecular complexity index is 252. The maximum absolute atomic E-state index is 12.4. The van der Waals surface area contributed by atoms with Crippen LogP contribution in [0.25, 0.3) is 0 Å². The van der Waals surface area contributed by atoms with Crippen molar-refractivity contribution in [3.8, 4) is 0 Å². The second-order valence-corrected chi connectivity index (χ2v) is 2.98. The molecular weight excluding hydrogens is 246 g/mol. The van der Waals surface area contributed by atoms with E-state index in [0.717, 1.165) is 12.1 Å². The van der Waals surface area contributed by atoms with Gasteiger partial charge in [-0.05, 0) is 24.6 Å². The lowest BCUT2D eigenvalue weighted by atomic mass is 10.2. The molecule has 0 fully saturated rings. The third-order valence-corrected chi connectivity index (χ3v) is 2.06. The van der Waals surface area contributed by atoms with Crippen molar-refractivity contribution in [2.24, 2.45) is 0 Å². The number of hydrogen-bond acceptors (Lipinski definition) is 1. The predicted molar refractivity (Wildman–Crippen MR) is 47.5 cm³/mol. The van der Waals surface area contributed by atoms with Crippen LogP contribution in [0.4, 0.5) is 8.78 Å². The summed E-state index contributed by atoms with van der Waals surface area (Å²) < 4.78 is 25.3. The van der Waals surface area contributed by atoms with Crippen LogP contribution in [-0.4, -0.2) is 11.6 Å². The SMILES string of the molecule is Cc1cc(F)c(F)cc1Br.O=CO. The Morgan fingerprint density at radius 3 is 2.15 bits per heavy atom. The van der Waals surface area contributed by atoms with Gasteiger partial charge in [0.15, 0.2) is 11.6 Å². The first-order valence-electron chi connectivity index (χ1n) is 3.22. The maximum Gasteiger partial charge on any atom is 0.290 e. The van der Waals surface area contributed by atoms with Gasteiger partial charge in [0.05, 0.1) is 0 Å². The van der Waals surface area contributed by atoms with Gasteiger partial charge in [0.2, 0.25) is 0 Å². The molecule has 0 aliphatic heterocycles. The number of carbonyl (C=O) groups is 1. The summed E-state index contributed by atoms with van der Waals surface area (Å²) in [7, 11) is 0. The van der Waals surface area contributed by atoms with E-state index in [-0.39, 0.29) is 6.47 Å². The minimum Gasteiger partial charge on any atom is -0.483 e. The number of rotatable bonds is 0. The quantitative estimate of drug-likeness (QED) is 0.570. The molecule has 1 aromatic carbocycles. The highest BCUT2D eigenvalue weighted by atomic mass is 79.9. The molecule has 13 heavy (non-hydrogen) atoms. The molecule has 0 atom stereocenters. The molecule has 0 bridgehead atoms. The maximum atomic E-state index is 12.4. The normalized spacial score (nSPS) is 8.62. The molecule has 1 aromatic rings. The molecule has 0 saturated heterocycles. The predicted octanol–water partition coefficient (Wildman–Crippen LogP) is 2.74. The molecule has 0 heterocycles. The van der Waals surface area contributed by atoms with Gasteiger partial charge < -0.3 is 5.11 Å². The molecule has 0 saturated carbocycles.